The van der Waals surface area contributed by atoms with Gasteiger partial charge in [0.25, 0.3) is 0 Å². The summed E-state index contributed by atoms with van der Waals surface area (Å²) in [5.41, 5.74) is 0. The molecule has 1 aliphatic carbocycles. The third kappa shape index (κ3) is 5.67. The third-order valence-electron chi connectivity index (χ3n) is 2.50. The molecule has 2 fully saturated rings. The van der Waals surface area contributed by atoms with E-state index in [0.29, 0.717) is 6.04 Å². The molecule has 1 aliphatic heterocycles. The van der Waals surface area contributed by atoms with Crippen LogP contribution >= 0.6 is 0 Å². The minimum atomic E-state index is -1.82. The molecule has 3 N–H and O–H groups in total. The Morgan fingerprint density at radius 1 is 1.25 bits per heavy atom. The van der Waals surface area contributed by atoms with Crippen LogP contribution in [0.1, 0.15) is 19.3 Å². The molecule has 6 heteroatoms. The predicted molar refractivity (Wildman–Crippen MR) is 55.2 cm³/mol. The van der Waals surface area contributed by atoms with Crippen LogP contribution in [-0.4, -0.2) is 48.0 Å². The Morgan fingerprint density at radius 3 is 2.25 bits per heavy atom. The summed E-state index contributed by atoms with van der Waals surface area (Å²) >= 11 is 0. The van der Waals surface area contributed by atoms with Crippen molar-refractivity contribution in [3.05, 3.63) is 0 Å². The maximum Gasteiger partial charge on any atom is 0.414 e. The monoisotopic (exact) mass is 231 g/mol. The Morgan fingerprint density at radius 2 is 1.88 bits per heavy atom. The highest BCUT2D eigenvalue weighted by atomic mass is 16.5. The highest BCUT2D eigenvalue weighted by molar-refractivity contribution is 6.27. The van der Waals surface area contributed by atoms with E-state index in [1.54, 1.807) is 0 Å². The first-order valence-electron chi connectivity index (χ1n) is 5.37. The summed E-state index contributed by atoms with van der Waals surface area (Å²) in [7, 11) is 0. The van der Waals surface area contributed by atoms with E-state index < -0.39 is 11.9 Å². The minimum Gasteiger partial charge on any atom is -0.473 e. The van der Waals surface area contributed by atoms with Crippen molar-refractivity contribution in [1.82, 2.24) is 5.32 Å². The van der Waals surface area contributed by atoms with E-state index in [-0.39, 0.29) is 0 Å². The maximum atomic E-state index is 9.10. The van der Waals surface area contributed by atoms with Gasteiger partial charge in [-0.15, -0.1) is 0 Å². The lowest BCUT2D eigenvalue weighted by atomic mass is 10.1. The standard InChI is InChI=1S/C8H15NO.C2H2O4/c1-2-7(1)5-8-6-10-4-3-9-8;3-1(4)2(5)6/h7-9H,1-6H2;(H,3,4)(H,5,6)/t8-;/m0./s1. The molecule has 1 saturated carbocycles. The van der Waals surface area contributed by atoms with Crippen LogP contribution in [0.25, 0.3) is 0 Å². The van der Waals surface area contributed by atoms with Gasteiger partial charge in [0.2, 0.25) is 0 Å². The van der Waals surface area contributed by atoms with E-state index in [0.717, 1.165) is 25.7 Å². The fraction of sp³-hybridized carbons (Fsp3) is 0.800. The fourth-order valence-corrected chi connectivity index (χ4v) is 1.53. The van der Waals surface area contributed by atoms with Crippen molar-refractivity contribution in [2.24, 2.45) is 5.92 Å². The van der Waals surface area contributed by atoms with Gasteiger partial charge >= 0.3 is 11.9 Å². The zero-order valence-electron chi connectivity index (χ0n) is 9.02. The van der Waals surface area contributed by atoms with E-state index in [1.165, 1.54) is 19.3 Å². The quantitative estimate of drug-likeness (QED) is 0.576. The summed E-state index contributed by atoms with van der Waals surface area (Å²) in [5, 5.41) is 18.2. The van der Waals surface area contributed by atoms with Gasteiger partial charge < -0.3 is 20.3 Å². The summed E-state index contributed by atoms with van der Waals surface area (Å²) in [6.45, 7) is 2.90. The largest absolute Gasteiger partial charge is 0.473 e. The number of nitrogens with one attached hydrogen (secondary N) is 1. The number of rotatable bonds is 2. The molecule has 2 rings (SSSR count). The van der Waals surface area contributed by atoms with Crippen molar-refractivity contribution in [2.75, 3.05) is 19.8 Å². The highest BCUT2D eigenvalue weighted by Crippen LogP contribution is 2.33. The molecule has 0 aromatic rings. The lowest BCUT2D eigenvalue weighted by Gasteiger charge is -2.23. The molecular weight excluding hydrogens is 214 g/mol. The molecule has 6 nitrogen and oxygen atoms in total. The number of carboxylic acid groups (broad SMARTS) is 2. The molecule has 1 atom stereocenters. The number of aliphatic carboxylic acids is 2. The molecule has 0 radical (unpaired) electrons. The van der Waals surface area contributed by atoms with Crippen molar-refractivity contribution in [3.8, 4) is 0 Å². The van der Waals surface area contributed by atoms with Gasteiger partial charge in [-0.1, -0.05) is 12.8 Å². The van der Waals surface area contributed by atoms with Gasteiger partial charge in [-0.25, -0.2) is 9.59 Å². The van der Waals surface area contributed by atoms with Gasteiger partial charge in [-0.05, 0) is 12.3 Å². The summed E-state index contributed by atoms with van der Waals surface area (Å²) < 4.78 is 5.35. The van der Waals surface area contributed by atoms with Crippen LogP contribution < -0.4 is 5.32 Å². The second kappa shape index (κ2) is 6.44. The van der Waals surface area contributed by atoms with E-state index in [1.807, 2.05) is 0 Å². The van der Waals surface area contributed by atoms with Crippen molar-refractivity contribution < 1.29 is 24.5 Å². The van der Waals surface area contributed by atoms with Gasteiger partial charge in [0.05, 0.1) is 13.2 Å². The van der Waals surface area contributed by atoms with Gasteiger partial charge in [0.1, 0.15) is 0 Å². The Kier molecular flexibility index (Phi) is 5.21. The minimum absolute atomic E-state index is 0.668. The predicted octanol–water partition coefficient (Wildman–Crippen LogP) is -0.0695. The van der Waals surface area contributed by atoms with Crippen molar-refractivity contribution in [2.45, 2.75) is 25.3 Å². The van der Waals surface area contributed by atoms with E-state index in [9.17, 15) is 0 Å². The SMILES string of the molecule is C1COC[C@H](CC2CC2)N1.O=C(O)C(=O)O. The summed E-state index contributed by atoms with van der Waals surface area (Å²) in [6.07, 6.45) is 4.26. The van der Waals surface area contributed by atoms with Crippen LogP contribution in [0.3, 0.4) is 0 Å². The summed E-state index contributed by atoms with van der Waals surface area (Å²) in [5.74, 6) is -2.62. The third-order valence-corrected chi connectivity index (χ3v) is 2.50. The number of hydrogen-bond acceptors (Lipinski definition) is 4. The average molecular weight is 231 g/mol. The molecule has 2 aliphatic rings. The van der Waals surface area contributed by atoms with Gasteiger partial charge in [-0.3, -0.25) is 0 Å². The Hall–Kier alpha value is -1.14. The van der Waals surface area contributed by atoms with E-state index >= 15 is 0 Å². The number of ether oxygens (including phenoxy) is 1. The van der Waals surface area contributed by atoms with E-state index in [2.05, 4.69) is 5.32 Å². The molecule has 0 aromatic heterocycles. The fourth-order valence-electron chi connectivity index (χ4n) is 1.53. The second-order valence-corrected chi connectivity index (χ2v) is 4.02. The lowest BCUT2D eigenvalue weighted by molar-refractivity contribution is -0.159. The van der Waals surface area contributed by atoms with Crippen LogP contribution in [0.2, 0.25) is 0 Å². The molecular formula is C10H17NO5. The Bertz CT molecular complexity index is 234. The van der Waals surface area contributed by atoms with Gasteiger partial charge in [0, 0.05) is 12.6 Å². The second-order valence-electron chi connectivity index (χ2n) is 4.02. The molecule has 0 unspecified atom stereocenters. The molecule has 0 bridgehead atoms. The highest BCUT2D eigenvalue weighted by Gasteiger charge is 2.26. The molecule has 0 aromatic carbocycles. The average Bonchev–Trinajstić information content (AvgIpc) is 3.04. The van der Waals surface area contributed by atoms with Crippen molar-refractivity contribution in [3.63, 3.8) is 0 Å². The Balaban J connectivity index is 0.000000187. The first kappa shape index (κ1) is 12.9. The van der Waals surface area contributed by atoms with Crippen LogP contribution in [-0.2, 0) is 14.3 Å². The molecule has 0 spiro atoms. The normalized spacial score (nSPS) is 24.1. The summed E-state index contributed by atoms with van der Waals surface area (Å²) in [4.78, 5) is 18.2. The van der Waals surface area contributed by atoms with Crippen molar-refractivity contribution >= 4 is 11.9 Å². The van der Waals surface area contributed by atoms with Crippen LogP contribution in [0.15, 0.2) is 0 Å². The summed E-state index contributed by atoms with van der Waals surface area (Å²) in [6, 6.07) is 0.668. The number of carbonyl (C=O) groups is 2. The zero-order valence-corrected chi connectivity index (χ0v) is 9.02. The molecule has 0 amide bonds. The number of morpholine rings is 1. The lowest BCUT2D eigenvalue weighted by Crippen LogP contribution is -2.41. The maximum absolute atomic E-state index is 9.10. The van der Waals surface area contributed by atoms with Crippen LogP contribution in [0.4, 0.5) is 0 Å². The topological polar surface area (TPSA) is 95.9 Å². The van der Waals surface area contributed by atoms with Gasteiger partial charge in [0.15, 0.2) is 0 Å². The molecule has 1 saturated heterocycles. The smallest absolute Gasteiger partial charge is 0.414 e. The van der Waals surface area contributed by atoms with Crippen LogP contribution in [0, 0.1) is 5.92 Å². The first-order chi connectivity index (χ1) is 7.59. The van der Waals surface area contributed by atoms with E-state index in [4.69, 9.17) is 24.5 Å². The molecule has 16 heavy (non-hydrogen) atoms. The Labute approximate surface area is 93.6 Å². The van der Waals surface area contributed by atoms with Gasteiger partial charge in [-0.2, -0.15) is 0 Å². The molecule has 1 heterocycles. The van der Waals surface area contributed by atoms with Crippen molar-refractivity contribution in [1.29, 1.82) is 0 Å². The number of hydrogen-bond donors (Lipinski definition) is 3. The molecule has 92 valence electrons. The first-order valence-corrected chi connectivity index (χ1v) is 5.37. The zero-order chi connectivity index (χ0) is 12.0. The number of carboxylic acids is 2. The van der Waals surface area contributed by atoms with Crippen LogP contribution in [0.5, 0.6) is 0 Å².